The number of hydrogen-bond donors (Lipinski definition) is 1. The molecule has 1 heterocycles. The van der Waals surface area contributed by atoms with Gasteiger partial charge in [-0.25, -0.2) is 0 Å². The number of rotatable bonds is 14. The van der Waals surface area contributed by atoms with Crippen molar-refractivity contribution in [2.24, 2.45) is 0 Å². The van der Waals surface area contributed by atoms with Gasteiger partial charge in [-0.3, -0.25) is 4.79 Å². The van der Waals surface area contributed by atoms with Crippen LogP contribution in [0.15, 0.2) is 24.3 Å². The van der Waals surface area contributed by atoms with Crippen molar-refractivity contribution in [2.45, 2.75) is 87.7 Å². The minimum absolute atomic E-state index is 0.0614. The summed E-state index contributed by atoms with van der Waals surface area (Å²) in [5.41, 5.74) is 0. The minimum atomic E-state index is -0.251. The summed E-state index contributed by atoms with van der Waals surface area (Å²) in [4.78, 5) is 11.1. The van der Waals surface area contributed by atoms with Crippen molar-refractivity contribution in [1.82, 2.24) is 0 Å². The Morgan fingerprint density at radius 2 is 1.74 bits per heavy atom. The molecule has 0 aromatic rings. The molecule has 0 bridgehead atoms. The van der Waals surface area contributed by atoms with E-state index in [1.807, 2.05) is 23.5 Å². The van der Waals surface area contributed by atoms with Gasteiger partial charge in [-0.05, 0) is 50.0 Å². The molecule has 1 rings (SSSR count). The van der Waals surface area contributed by atoms with Crippen LogP contribution >= 0.6 is 23.5 Å². The molecule has 1 unspecified atom stereocenters. The Kier molecular flexibility index (Phi) is 14.2. The lowest BCUT2D eigenvalue weighted by Gasteiger charge is -2.39. The van der Waals surface area contributed by atoms with Gasteiger partial charge in [0.1, 0.15) is 0 Å². The number of thioether (sulfide) groups is 2. The maximum Gasteiger partial charge on any atom is 0.305 e. The fourth-order valence-corrected chi connectivity index (χ4v) is 6.51. The highest BCUT2D eigenvalue weighted by Crippen LogP contribution is 2.48. The number of carbonyl (C=O) groups excluding carboxylic acids is 1. The van der Waals surface area contributed by atoms with Gasteiger partial charge in [-0.15, -0.1) is 23.5 Å². The summed E-state index contributed by atoms with van der Waals surface area (Å²) in [6, 6.07) is 0. The van der Waals surface area contributed by atoms with Gasteiger partial charge in [-0.2, -0.15) is 0 Å². The second-order valence-electron chi connectivity index (χ2n) is 7.05. The fourth-order valence-electron chi connectivity index (χ4n) is 3.18. The third-order valence-corrected chi connectivity index (χ3v) is 8.37. The minimum Gasteiger partial charge on any atom is -0.469 e. The van der Waals surface area contributed by atoms with Gasteiger partial charge >= 0.3 is 5.97 Å². The van der Waals surface area contributed by atoms with Gasteiger partial charge in [0.05, 0.1) is 17.3 Å². The van der Waals surface area contributed by atoms with E-state index in [2.05, 4.69) is 36.0 Å². The smallest absolute Gasteiger partial charge is 0.305 e. The van der Waals surface area contributed by atoms with E-state index in [0.29, 0.717) is 6.42 Å². The van der Waals surface area contributed by atoms with Crippen LogP contribution < -0.4 is 0 Å². The van der Waals surface area contributed by atoms with E-state index < -0.39 is 0 Å². The number of esters is 1. The Bertz CT molecular complexity index is 443. The zero-order valence-corrected chi connectivity index (χ0v) is 18.8. The maximum absolute atomic E-state index is 11.1. The summed E-state index contributed by atoms with van der Waals surface area (Å²) in [6.07, 6.45) is 19.6. The van der Waals surface area contributed by atoms with Crippen LogP contribution in [0.1, 0.15) is 77.6 Å². The quantitative estimate of drug-likeness (QED) is 0.211. The summed E-state index contributed by atoms with van der Waals surface area (Å²) in [6.45, 7) is 2.15. The normalized spacial score (nSPS) is 18.2. The predicted molar refractivity (Wildman–Crippen MR) is 120 cm³/mol. The third-order valence-electron chi connectivity index (χ3n) is 4.82. The van der Waals surface area contributed by atoms with Crippen molar-refractivity contribution in [2.75, 3.05) is 18.6 Å². The van der Waals surface area contributed by atoms with Gasteiger partial charge in [0, 0.05) is 6.42 Å². The van der Waals surface area contributed by atoms with E-state index in [-0.39, 0.29) is 16.2 Å². The molecule has 5 heteroatoms. The van der Waals surface area contributed by atoms with Gasteiger partial charge in [0.2, 0.25) is 0 Å². The lowest BCUT2D eigenvalue weighted by molar-refractivity contribution is -0.140. The van der Waals surface area contributed by atoms with Crippen LogP contribution in [0.4, 0.5) is 0 Å². The predicted octanol–water partition coefficient (Wildman–Crippen LogP) is 6.12. The summed E-state index contributed by atoms with van der Waals surface area (Å²) >= 11 is 3.91. The highest BCUT2D eigenvalue weighted by Gasteiger charge is 2.39. The van der Waals surface area contributed by atoms with Crippen molar-refractivity contribution in [3.63, 3.8) is 0 Å². The van der Waals surface area contributed by atoms with Gasteiger partial charge < -0.3 is 9.84 Å². The fraction of sp³-hybridized carbons (Fsp3) is 0.773. The first-order valence-corrected chi connectivity index (χ1v) is 12.4. The van der Waals surface area contributed by atoms with E-state index >= 15 is 0 Å². The molecule has 156 valence electrons. The number of allylic oxidation sites excluding steroid dienone is 4. The first kappa shape index (κ1) is 24.6. The number of aliphatic hydroxyl groups is 1. The molecule has 0 aromatic heterocycles. The van der Waals surface area contributed by atoms with E-state index in [4.69, 9.17) is 0 Å². The molecule has 3 nitrogen and oxygen atoms in total. The van der Waals surface area contributed by atoms with Crippen molar-refractivity contribution < 1.29 is 14.6 Å². The van der Waals surface area contributed by atoms with Crippen LogP contribution in [-0.4, -0.2) is 39.9 Å². The van der Waals surface area contributed by atoms with Crippen LogP contribution in [0.25, 0.3) is 0 Å². The van der Waals surface area contributed by atoms with Gasteiger partial charge in [0.15, 0.2) is 0 Å². The van der Waals surface area contributed by atoms with E-state index in [1.165, 1.54) is 13.5 Å². The molecule has 0 amide bonds. The SMILES string of the molecule is CC/C=C\C/C=C\CC1(C(O)CCCCCCCC(=O)OC)SCCCS1. The summed E-state index contributed by atoms with van der Waals surface area (Å²) in [5.74, 6) is 2.19. The topological polar surface area (TPSA) is 46.5 Å². The summed E-state index contributed by atoms with van der Waals surface area (Å²) in [5, 5.41) is 10.9. The zero-order valence-electron chi connectivity index (χ0n) is 17.2. The molecular formula is C22H38O3S2. The van der Waals surface area contributed by atoms with Gasteiger partial charge in [0.25, 0.3) is 0 Å². The largest absolute Gasteiger partial charge is 0.469 e. The van der Waals surface area contributed by atoms with Crippen LogP contribution in [0, 0.1) is 0 Å². The standard InChI is InChI=1S/C22H38O3S2/c1-3-4-5-6-10-13-17-22(26-18-14-19-27-22)20(23)15-11-8-7-9-12-16-21(24)25-2/h4-5,10,13,20,23H,3,6-9,11-12,14-19H2,1-2H3/b5-4-,13-10-. The summed E-state index contributed by atoms with van der Waals surface area (Å²) in [7, 11) is 1.44. The average molecular weight is 415 g/mol. The first-order valence-electron chi connectivity index (χ1n) is 10.5. The van der Waals surface area contributed by atoms with Crippen LogP contribution in [0.5, 0.6) is 0 Å². The molecule has 0 aromatic carbocycles. The van der Waals surface area contributed by atoms with Crippen molar-refractivity contribution >= 4 is 29.5 Å². The second kappa shape index (κ2) is 15.5. The average Bonchev–Trinajstić information content (AvgIpc) is 2.70. The van der Waals surface area contributed by atoms with Crippen LogP contribution in [0.3, 0.4) is 0 Å². The molecule has 27 heavy (non-hydrogen) atoms. The lowest BCUT2D eigenvalue weighted by atomic mass is 10.0. The number of aliphatic hydroxyl groups excluding tert-OH is 1. The van der Waals surface area contributed by atoms with E-state index in [1.54, 1.807) is 0 Å². The Balaban J connectivity index is 2.31. The monoisotopic (exact) mass is 414 g/mol. The number of unbranched alkanes of at least 4 members (excludes halogenated alkanes) is 4. The van der Waals surface area contributed by atoms with Crippen LogP contribution in [0.2, 0.25) is 0 Å². The highest BCUT2D eigenvalue weighted by molar-refractivity contribution is 8.18. The molecule has 1 aliphatic heterocycles. The van der Waals surface area contributed by atoms with E-state index in [0.717, 1.165) is 69.3 Å². The highest BCUT2D eigenvalue weighted by atomic mass is 32.2. The molecule has 1 N–H and O–H groups in total. The molecule has 1 aliphatic rings. The molecule has 0 radical (unpaired) electrons. The number of ether oxygens (including phenoxy) is 1. The molecule has 1 atom stereocenters. The van der Waals surface area contributed by atoms with Gasteiger partial charge in [-0.1, -0.05) is 56.9 Å². The van der Waals surface area contributed by atoms with Crippen LogP contribution in [-0.2, 0) is 9.53 Å². The summed E-state index contributed by atoms with van der Waals surface area (Å²) < 4.78 is 4.60. The van der Waals surface area contributed by atoms with Crippen molar-refractivity contribution in [1.29, 1.82) is 0 Å². The Hall–Kier alpha value is -0.390. The molecule has 1 saturated heterocycles. The molecular weight excluding hydrogens is 376 g/mol. The molecule has 0 aliphatic carbocycles. The Morgan fingerprint density at radius 3 is 2.44 bits per heavy atom. The van der Waals surface area contributed by atoms with Crippen molar-refractivity contribution in [3.8, 4) is 0 Å². The molecule has 1 fully saturated rings. The second-order valence-corrected chi connectivity index (χ2v) is 10.2. The Morgan fingerprint density at radius 1 is 1.07 bits per heavy atom. The first-order chi connectivity index (χ1) is 13.1. The zero-order chi connectivity index (χ0) is 19.8. The van der Waals surface area contributed by atoms with Crippen molar-refractivity contribution in [3.05, 3.63) is 24.3 Å². The number of methoxy groups -OCH3 is 1. The van der Waals surface area contributed by atoms with E-state index in [9.17, 15) is 9.90 Å². The molecule has 0 saturated carbocycles. The number of carbonyl (C=O) groups is 1. The third kappa shape index (κ3) is 10.7. The molecule has 0 spiro atoms. The Labute approximate surface area is 174 Å². The maximum atomic E-state index is 11.1. The lowest BCUT2D eigenvalue weighted by Crippen LogP contribution is -2.38. The number of hydrogen-bond acceptors (Lipinski definition) is 5.